The van der Waals surface area contributed by atoms with Gasteiger partial charge in [0.15, 0.2) is 0 Å². The van der Waals surface area contributed by atoms with Crippen LogP contribution in [-0.2, 0) is 9.53 Å². The molecule has 2 aromatic carbocycles. The Balaban J connectivity index is 1.80. The molecule has 0 unspecified atom stereocenters. The lowest BCUT2D eigenvalue weighted by atomic mass is 9.94. The molecule has 0 fully saturated rings. The minimum atomic E-state index is -0.346. The molecule has 1 aliphatic rings. The van der Waals surface area contributed by atoms with Crippen LogP contribution in [0.1, 0.15) is 32.4 Å². The summed E-state index contributed by atoms with van der Waals surface area (Å²) >= 11 is 0. The van der Waals surface area contributed by atoms with E-state index in [1.54, 1.807) is 0 Å². The van der Waals surface area contributed by atoms with Gasteiger partial charge in [0, 0.05) is 28.4 Å². The number of rotatable bonds is 3. The number of aromatic nitrogens is 3. The van der Waals surface area contributed by atoms with Crippen LogP contribution >= 0.6 is 0 Å². The van der Waals surface area contributed by atoms with Gasteiger partial charge in [0.25, 0.3) is 0 Å². The number of H-pyrrole nitrogens is 1. The summed E-state index contributed by atoms with van der Waals surface area (Å²) in [4.78, 5) is 21.3. The Hall–Kier alpha value is -3.54. The third-order valence-electron chi connectivity index (χ3n) is 5.31. The number of aromatic amines is 1. The van der Waals surface area contributed by atoms with Gasteiger partial charge >= 0.3 is 5.97 Å². The van der Waals surface area contributed by atoms with E-state index >= 15 is 0 Å². The number of hydrogen-bond acceptors (Lipinski definition) is 4. The van der Waals surface area contributed by atoms with Crippen LogP contribution in [0, 0.1) is 0 Å². The van der Waals surface area contributed by atoms with Gasteiger partial charge in [0.2, 0.25) is 5.95 Å². The highest BCUT2D eigenvalue weighted by molar-refractivity contribution is 5.96. The van der Waals surface area contributed by atoms with Crippen LogP contribution in [0.4, 0.5) is 5.95 Å². The third-order valence-corrected chi connectivity index (χ3v) is 5.31. The molecular formula is C23H22N4O2. The maximum Gasteiger partial charge on any atom is 0.338 e. The summed E-state index contributed by atoms with van der Waals surface area (Å²) in [6.07, 6.45) is 1.78. The van der Waals surface area contributed by atoms with Crippen LogP contribution in [-0.4, -0.2) is 26.6 Å². The zero-order chi connectivity index (χ0) is 20.1. The average molecular weight is 386 g/mol. The Bertz CT molecular complexity index is 1280. The van der Waals surface area contributed by atoms with Crippen molar-refractivity contribution in [3.63, 3.8) is 0 Å². The summed E-state index contributed by atoms with van der Waals surface area (Å²) in [7, 11) is 0. The number of imidazole rings is 1. The maximum atomic E-state index is 13.2. The molecule has 6 nitrogen and oxygen atoms in total. The Morgan fingerprint density at radius 1 is 1.14 bits per heavy atom. The molecule has 3 heterocycles. The third kappa shape index (κ3) is 2.71. The minimum Gasteiger partial charge on any atom is -0.459 e. The molecule has 5 rings (SSSR count). The van der Waals surface area contributed by atoms with Crippen molar-refractivity contribution < 1.29 is 9.53 Å². The van der Waals surface area contributed by atoms with Crippen molar-refractivity contribution in [1.82, 2.24) is 14.5 Å². The van der Waals surface area contributed by atoms with Gasteiger partial charge in [0.1, 0.15) is 0 Å². The van der Waals surface area contributed by atoms with Crippen molar-refractivity contribution in [3.05, 3.63) is 71.6 Å². The number of carbonyl (C=O) groups excluding carboxylic acids is 1. The Morgan fingerprint density at radius 2 is 1.90 bits per heavy atom. The van der Waals surface area contributed by atoms with Crippen molar-refractivity contribution in [2.24, 2.45) is 0 Å². The fourth-order valence-electron chi connectivity index (χ4n) is 4.12. The van der Waals surface area contributed by atoms with E-state index in [0.717, 1.165) is 39.1 Å². The van der Waals surface area contributed by atoms with E-state index in [2.05, 4.69) is 20.9 Å². The van der Waals surface area contributed by atoms with Gasteiger partial charge in [-0.2, -0.15) is 0 Å². The number of carbonyl (C=O) groups is 1. The van der Waals surface area contributed by atoms with Crippen molar-refractivity contribution in [1.29, 1.82) is 0 Å². The molecule has 29 heavy (non-hydrogen) atoms. The number of hydrogen-bond donors (Lipinski definition) is 2. The van der Waals surface area contributed by atoms with Gasteiger partial charge in [-0.1, -0.05) is 30.3 Å². The average Bonchev–Trinajstić information content (AvgIpc) is 3.27. The quantitative estimate of drug-likeness (QED) is 0.498. The zero-order valence-electron chi connectivity index (χ0n) is 16.6. The molecule has 6 heteroatoms. The monoisotopic (exact) mass is 386 g/mol. The lowest BCUT2D eigenvalue weighted by Crippen LogP contribution is -2.29. The lowest BCUT2D eigenvalue weighted by molar-refractivity contribution is -0.143. The second-order valence-corrected chi connectivity index (χ2v) is 7.60. The van der Waals surface area contributed by atoms with E-state index in [0.29, 0.717) is 5.57 Å². The molecule has 1 atom stereocenters. The molecule has 0 saturated carbocycles. The molecule has 2 N–H and O–H groups in total. The summed E-state index contributed by atoms with van der Waals surface area (Å²) < 4.78 is 7.72. The SMILES string of the molecule is CC1=C(C(=O)OC(C)C)[C@H](c2c[nH]c3ccccc23)n2c(nc3ccccc32)N1. The Labute approximate surface area is 168 Å². The van der Waals surface area contributed by atoms with Crippen LogP contribution in [0.3, 0.4) is 0 Å². The number of fused-ring (bicyclic) bond motifs is 4. The van der Waals surface area contributed by atoms with Crippen LogP contribution < -0.4 is 5.32 Å². The van der Waals surface area contributed by atoms with E-state index in [1.165, 1.54) is 0 Å². The standard InChI is InChI=1S/C23H22N4O2/c1-13(2)29-22(28)20-14(3)25-23-26-18-10-6-7-11-19(18)27(23)21(20)16-12-24-17-9-5-4-8-15(16)17/h4-13,21,24H,1-3H3,(H,25,26)/t21-/m0/s1. The van der Waals surface area contributed by atoms with Gasteiger partial charge in [-0.05, 0) is 39.0 Å². The molecule has 2 aromatic heterocycles. The van der Waals surface area contributed by atoms with Crippen LogP contribution in [0.25, 0.3) is 21.9 Å². The predicted molar refractivity (Wildman–Crippen MR) is 114 cm³/mol. The van der Waals surface area contributed by atoms with Crippen molar-refractivity contribution in [3.8, 4) is 0 Å². The van der Waals surface area contributed by atoms with Crippen LogP contribution in [0.5, 0.6) is 0 Å². The van der Waals surface area contributed by atoms with Crippen LogP contribution in [0.2, 0.25) is 0 Å². The fraction of sp³-hybridized carbons (Fsp3) is 0.217. The van der Waals surface area contributed by atoms with Crippen molar-refractivity contribution in [2.75, 3.05) is 5.32 Å². The number of benzene rings is 2. The second-order valence-electron chi connectivity index (χ2n) is 7.60. The molecule has 0 spiro atoms. The molecular weight excluding hydrogens is 364 g/mol. The number of para-hydroxylation sites is 3. The van der Waals surface area contributed by atoms with Gasteiger partial charge < -0.3 is 15.0 Å². The second kappa shape index (κ2) is 6.51. The highest BCUT2D eigenvalue weighted by atomic mass is 16.5. The molecule has 0 aliphatic carbocycles. The first-order valence-electron chi connectivity index (χ1n) is 9.76. The number of nitrogens with one attached hydrogen (secondary N) is 2. The first-order chi connectivity index (χ1) is 14.0. The lowest BCUT2D eigenvalue weighted by Gasteiger charge is -2.30. The first kappa shape index (κ1) is 17.6. The van der Waals surface area contributed by atoms with Crippen LogP contribution in [0.15, 0.2) is 66.0 Å². The minimum absolute atomic E-state index is 0.202. The Kier molecular flexibility index (Phi) is 3.94. The maximum absolute atomic E-state index is 13.2. The number of esters is 1. The molecule has 0 bridgehead atoms. The highest BCUT2D eigenvalue weighted by Gasteiger charge is 2.36. The van der Waals surface area contributed by atoms with E-state index in [4.69, 9.17) is 9.72 Å². The normalized spacial score (nSPS) is 16.3. The molecule has 146 valence electrons. The predicted octanol–water partition coefficient (Wildman–Crippen LogP) is 4.76. The Morgan fingerprint density at radius 3 is 2.72 bits per heavy atom. The summed E-state index contributed by atoms with van der Waals surface area (Å²) in [6.45, 7) is 5.63. The fourth-order valence-corrected chi connectivity index (χ4v) is 4.12. The van der Waals surface area contributed by atoms with E-state index in [1.807, 2.05) is 69.4 Å². The van der Waals surface area contributed by atoms with Crippen molar-refractivity contribution >= 4 is 33.9 Å². The highest BCUT2D eigenvalue weighted by Crippen LogP contribution is 2.41. The van der Waals surface area contributed by atoms with Gasteiger partial charge in [-0.25, -0.2) is 9.78 Å². The van der Waals surface area contributed by atoms with E-state index in [-0.39, 0.29) is 18.1 Å². The van der Waals surface area contributed by atoms with Gasteiger partial charge in [-0.15, -0.1) is 0 Å². The summed E-state index contributed by atoms with van der Waals surface area (Å²) in [6, 6.07) is 15.7. The molecule has 0 radical (unpaired) electrons. The molecule has 4 aromatic rings. The number of allylic oxidation sites excluding steroid dienone is 1. The smallest absolute Gasteiger partial charge is 0.338 e. The largest absolute Gasteiger partial charge is 0.459 e. The summed E-state index contributed by atoms with van der Waals surface area (Å²) in [5, 5.41) is 4.39. The topological polar surface area (TPSA) is 71.9 Å². The summed E-state index contributed by atoms with van der Waals surface area (Å²) in [5.41, 5.74) is 5.24. The van der Waals surface area contributed by atoms with Gasteiger partial charge in [0.05, 0.1) is 28.8 Å². The van der Waals surface area contributed by atoms with E-state index < -0.39 is 0 Å². The summed E-state index contributed by atoms with van der Waals surface area (Å²) in [5.74, 6) is 0.406. The van der Waals surface area contributed by atoms with Crippen molar-refractivity contribution in [2.45, 2.75) is 32.9 Å². The molecule has 1 aliphatic heterocycles. The number of ether oxygens (including phenoxy) is 1. The van der Waals surface area contributed by atoms with Gasteiger partial charge in [-0.3, -0.25) is 4.57 Å². The van der Waals surface area contributed by atoms with E-state index in [9.17, 15) is 4.79 Å². The molecule has 0 amide bonds. The number of nitrogens with zero attached hydrogens (tertiary/aromatic N) is 2. The number of anilines is 1. The molecule has 0 saturated heterocycles. The first-order valence-corrected chi connectivity index (χ1v) is 9.76. The zero-order valence-corrected chi connectivity index (χ0v) is 16.6.